The van der Waals surface area contributed by atoms with E-state index >= 15 is 0 Å². The molecule has 2 atom stereocenters. The molecule has 0 saturated carbocycles. The van der Waals surface area contributed by atoms with Crippen LogP contribution >= 0.6 is 0 Å². The highest BCUT2D eigenvalue weighted by Crippen LogP contribution is 2.28. The molecule has 3 aromatic rings. The number of rotatable bonds is 6. The summed E-state index contributed by atoms with van der Waals surface area (Å²) in [5.74, 6) is 6.04. The number of hydrogen-bond donors (Lipinski definition) is 2. The van der Waals surface area contributed by atoms with Crippen molar-refractivity contribution in [2.75, 3.05) is 51.0 Å². The van der Waals surface area contributed by atoms with Crippen LogP contribution in [0.1, 0.15) is 28.0 Å². The van der Waals surface area contributed by atoms with Crippen LogP contribution in [0.15, 0.2) is 36.5 Å². The fourth-order valence-corrected chi connectivity index (χ4v) is 4.25. The number of fused-ring (bicyclic) bond motifs is 1. The van der Waals surface area contributed by atoms with Crippen molar-refractivity contribution in [1.29, 1.82) is 0 Å². The van der Waals surface area contributed by atoms with Crippen LogP contribution in [-0.2, 0) is 6.42 Å². The fraction of sp³-hybridized carbons (Fsp3) is 0.423. The number of nitrogens with one attached hydrogen (secondary N) is 2. The number of carbonyl (C=O) groups is 1. The molecule has 0 bridgehead atoms. The second kappa shape index (κ2) is 11.3. The van der Waals surface area contributed by atoms with Crippen LogP contribution < -0.4 is 15.5 Å². The van der Waals surface area contributed by atoms with Crippen LogP contribution in [0.3, 0.4) is 0 Å². The lowest BCUT2D eigenvalue weighted by atomic mass is 10.0. The van der Waals surface area contributed by atoms with Crippen LogP contribution in [0.25, 0.3) is 5.52 Å². The van der Waals surface area contributed by atoms with Gasteiger partial charge in [-0.2, -0.15) is 18.3 Å². The summed E-state index contributed by atoms with van der Waals surface area (Å²) in [7, 11) is 5.50. The summed E-state index contributed by atoms with van der Waals surface area (Å²) in [4.78, 5) is 20.2. The zero-order valence-electron chi connectivity index (χ0n) is 21.3. The van der Waals surface area contributed by atoms with Gasteiger partial charge in [0.05, 0.1) is 30.1 Å². The van der Waals surface area contributed by atoms with Gasteiger partial charge < -0.3 is 20.4 Å². The molecule has 0 spiro atoms. The summed E-state index contributed by atoms with van der Waals surface area (Å²) in [5.41, 5.74) is 0.432. The van der Waals surface area contributed by atoms with E-state index in [4.69, 9.17) is 0 Å². The minimum atomic E-state index is -4.48. The Morgan fingerprint density at radius 1 is 1.24 bits per heavy atom. The second-order valence-electron chi connectivity index (χ2n) is 9.43. The topological polar surface area (TPSA) is 77.8 Å². The molecule has 4 rings (SSSR count). The predicted octanol–water partition coefficient (Wildman–Crippen LogP) is 3.14. The van der Waals surface area contributed by atoms with E-state index in [0.29, 0.717) is 30.2 Å². The molecule has 0 radical (unpaired) electrons. The van der Waals surface area contributed by atoms with E-state index in [9.17, 15) is 22.4 Å². The second-order valence-corrected chi connectivity index (χ2v) is 9.43. The molecule has 202 valence electrons. The molecule has 2 N–H and O–H groups in total. The summed E-state index contributed by atoms with van der Waals surface area (Å²) >= 11 is 0. The standard InChI is InChI=1S/C26H29F4N7O/c1-35(2)23-10-9-17(15-32-23)25(38)31-12-5-6-20-18(14-26(28,29)30)22-7-4-8-24(37(22)34-20)33-21-11-13-36(3)16-19(21)27/h4,7-10,15,19,21,33H,11-14,16H2,1-3H3,(H,31,38)/t19-,21+/m0/s1. The van der Waals surface area contributed by atoms with Gasteiger partial charge in [0.15, 0.2) is 0 Å². The summed E-state index contributed by atoms with van der Waals surface area (Å²) in [6.07, 6.45) is -4.86. The van der Waals surface area contributed by atoms with Crippen LogP contribution in [0, 0.1) is 11.8 Å². The van der Waals surface area contributed by atoms with Crippen LogP contribution in [0.4, 0.5) is 29.2 Å². The first-order valence-electron chi connectivity index (χ1n) is 12.1. The van der Waals surface area contributed by atoms with Gasteiger partial charge in [-0.1, -0.05) is 12.0 Å². The van der Waals surface area contributed by atoms with Gasteiger partial charge in [0.25, 0.3) is 5.91 Å². The van der Waals surface area contributed by atoms with Crippen molar-refractivity contribution >= 4 is 23.1 Å². The number of aromatic nitrogens is 3. The molecule has 3 aromatic heterocycles. The van der Waals surface area contributed by atoms with Gasteiger partial charge in [-0.05, 0) is 43.7 Å². The Labute approximate surface area is 218 Å². The molecule has 1 fully saturated rings. The van der Waals surface area contributed by atoms with E-state index in [1.165, 1.54) is 16.8 Å². The number of nitrogens with zero attached hydrogens (tertiary/aromatic N) is 5. The van der Waals surface area contributed by atoms with Gasteiger partial charge in [0.2, 0.25) is 0 Å². The van der Waals surface area contributed by atoms with Crippen molar-refractivity contribution in [3.05, 3.63) is 53.3 Å². The Balaban J connectivity index is 1.55. The van der Waals surface area contributed by atoms with E-state index in [1.54, 1.807) is 29.2 Å². The van der Waals surface area contributed by atoms with E-state index in [1.807, 2.05) is 26.0 Å². The first kappa shape index (κ1) is 27.2. The SMILES string of the molecule is CN1CC[C@@H](Nc2cccc3c(CC(F)(F)F)c(C#CCNC(=O)c4ccc(N(C)C)nc4)nn23)[C@@H](F)C1. The fourth-order valence-electron chi connectivity index (χ4n) is 4.25. The molecule has 1 saturated heterocycles. The Hall–Kier alpha value is -3.85. The van der Waals surface area contributed by atoms with E-state index in [0.717, 1.165) is 0 Å². The van der Waals surface area contributed by atoms with Crippen LogP contribution in [0.5, 0.6) is 0 Å². The van der Waals surface area contributed by atoms with Crippen molar-refractivity contribution in [1.82, 2.24) is 24.8 Å². The number of anilines is 2. The lowest BCUT2D eigenvalue weighted by molar-refractivity contribution is -0.127. The summed E-state index contributed by atoms with van der Waals surface area (Å²) in [6, 6.07) is 7.61. The molecule has 1 aliphatic heterocycles. The molecule has 0 aliphatic carbocycles. The monoisotopic (exact) mass is 531 g/mol. The van der Waals surface area contributed by atoms with Gasteiger partial charge in [-0.15, -0.1) is 0 Å². The number of halogens is 4. The quantitative estimate of drug-likeness (QED) is 0.376. The predicted molar refractivity (Wildman–Crippen MR) is 137 cm³/mol. The Bertz CT molecular complexity index is 1340. The Kier molecular flexibility index (Phi) is 8.06. The molecular formula is C26H29F4N7O. The molecule has 0 aromatic carbocycles. The minimum Gasteiger partial charge on any atom is -0.364 e. The summed E-state index contributed by atoms with van der Waals surface area (Å²) in [6.45, 7) is 0.868. The molecule has 4 heterocycles. The average Bonchev–Trinajstić information content (AvgIpc) is 3.20. The normalized spacial score (nSPS) is 18.1. The van der Waals surface area contributed by atoms with Crippen LogP contribution in [0.2, 0.25) is 0 Å². The van der Waals surface area contributed by atoms with Crippen molar-refractivity contribution in [2.45, 2.75) is 31.2 Å². The smallest absolute Gasteiger partial charge is 0.364 e. The molecular weight excluding hydrogens is 502 g/mol. The zero-order chi connectivity index (χ0) is 27.4. The molecule has 38 heavy (non-hydrogen) atoms. The number of carbonyl (C=O) groups excluding carboxylic acids is 1. The third-order valence-electron chi connectivity index (χ3n) is 6.23. The molecule has 8 nitrogen and oxygen atoms in total. The van der Waals surface area contributed by atoms with E-state index < -0.39 is 30.7 Å². The Morgan fingerprint density at radius 2 is 2.03 bits per heavy atom. The number of likely N-dealkylation sites (tertiary alicyclic amines) is 1. The van der Waals surface area contributed by atoms with Crippen molar-refractivity contribution in [3.63, 3.8) is 0 Å². The third kappa shape index (κ3) is 6.52. The van der Waals surface area contributed by atoms with Crippen molar-refractivity contribution in [2.24, 2.45) is 0 Å². The van der Waals surface area contributed by atoms with Gasteiger partial charge >= 0.3 is 6.18 Å². The summed E-state index contributed by atoms with van der Waals surface area (Å²) < 4.78 is 56.2. The number of amides is 1. The molecule has 12 heteroatoms. The number of alkyl halides is 4. The van der Waals surface area contributed by atoms with Crippen LogP contribution in [-0.4, -0.2) is 84.6 Å². The highest BCUT2D eigenvalue weighted by atomic mass is 19.4. The maximum atomic E-state index is 14.6. The number of hydrogen-bond acceptors (Lipinski definition) is 6. The van der Waals surface area contributed by atoms with Gasteiger partial charge in [-0.3, -0.25) is 4.79 Å². The molecule has 0 unspecified atom stereocenters. The van der Waals surface area contributed by atoms with Gasteiger partial charge in [0.1, 0.15) is 23.5 Å². The highest BCUT2D eigenvalue weighted by Gasteiger charge is 2.32. The number of piperidine rings is 1. The Morgan fingerprint density at radius 3 is 2.68 bits per heavy atom. The third-order valence-corrected chi connectivity index (χ3v) is 6.23. The van der Waals surface area contributed by atoms with Crippen molar-refractivity contribution in [3.8, 4) is 11.8 Å². The first-order chi connectivity index (χ1) is 18.0. The summed E-state index contributed by atoms with van der Waals surface area (Å²) in [5, 5.41) is 10.0. The first-order valence-corrected chi connectivity index (χ1v) is 12.1. The maximum absolute atomic E-state index is 14.6. The van der Waals surface area contributed by atoms with Crippen molar-refractivity contribution < 1.29 is 22.4 Å². The van der Waals surface area contributed by atoms with Gasteiger partial charge in [-0.25, -0.2) is 13.9 Å². The zero-order valence-corrected chi connectivity index (χ0v) is 21.3. The highest BCUT2D eigenvalue weighted by molar-refractivity contribution is 5.94. The van der Waals surface area contributed by atoms with E-state index in [-0.39, 0.29) is 29.9 Å². The molecule has 1 aliphatic rings. The average molecular weight is 532 g/mol. The lowest BCUT2D eigenvalue weighted by Crippen LogP contribution is -2.46. The maximum Gasteiger partial charge on any atom is 0.393 e. The van der Waals surface area contributed by atoms with E-state index in [2.05, 4.69) is 32.6 Å². The lowest BCUT2D eigenvalue weighted by Gasteiger charge is -2.33. The van der Waals surface area contributed by atoms with Gasteiger partial charge in [0, 0.05) is 38.9 Å². The largest absolute Gasteiger partial charge is 0.393 e. The minimum absolute atomic E-state index is 0.0528. The molecule has 1 amide bonds. The number of pyridine rings is 2.